The SMILES string of the molecule is CCCCCC(C)NC(=O)c1cc(S(=O)(=O)NC(C)(C)C)ccc1C. The second-order valence-electron chi connectivity index (χ2n) is 7.70. The third-order valence-electron chi connectivity index (χ3n) is 3.82. The Morgan fingerprint density at radius 3 is 2.40 bits per heavy atom. The summed E-state index contributed by atoms with van der Waals surface area (Å²) in [6.45, 7) is 11.3. The lowest BCUT2D eigenvalue weighted by Crippen LogP contribution is -2.40. The molecule has 1 unspecified atom stereocenters. The molecular formula is C19H32N2O3S. The van der Waals surface area contributed by atoms with Crippen molar-refractivity contribution >= 4 is 15.9 Å². The normalized spacial score (nSPS) is 13.5. The Morgan fingerprint density at radius 1 is 1.20 bits per heavy atom. The molecule has 0 aliphatic carbocycles. The van der Waals surface area contributed by atoms with Gasteiger partial charge in [-0.15, -0.1) is 0 Å². The maximum absolute atomic E-state index is 12.5. The maximum Gasteiger partial charge on any atom is 0.251 e. The number of unbranched alkanes of at least 4 members (excludes halogenated alkanes) is 2. The Balaban J connectivity index is 2.96. The van der Waals surface area contributed by atoms with Crippen LogP contribution in [0.4, 0.5) is 0 Å². The average molecular weight is 369 g/mol. The zero-order valence-electron chi connectivity index (χ0n) is 16.3. The number of carbonyl (C=O) groups excluding carboxylic acids is 1. The van der Waals surface area contributed by atoms with Gasteiger partial charge in [-0.25, -0.2) is 13.1 Å². The number of benzene rings is 1. The highest BCUT2D eigenvalue weighted by Gasteiger charge is 2.23. The number of nitrogens with one attached hydrogen (secondary N) is 2. The van der Waals surface area contributed by atoms with Crippen molar-refractivity contribution in [3.63, 3.8) is 0 Å². The molecule has 1 atom stereocenters. The van der Waals surface area contributed by atoms with Gasteiger partial charge in [-0.2, -0.15) is 0 Å². The molecule has 0 bridgehead atoms. The number of carbonyl (C=O) groups is 1. The molecule has 1 aromatic carbocycles. The minimum absolute atomic E-state index is 0.0615. The molecule has 0 fully saturated rings. The molecule has 0 saturated heterocycles. The Morgan fingerprint density at radius 2 is 1.84 bits per heavy atom. The van der Waals surface area contributed by atoms with Gasteiger partial charge in [0.05, 0.1) is 4.90 Å². The van der Waals surface area contributed by atoms with Gasteiger partial charge in [0.2, 0.25) is 10.0 Å². The lowest BCUT2D eigenvalue weighted by molar-refractivity contribution is 0.0937. The molecule has 5 nitrogen and oxygen atoms in total. The van der Waals surface area contributed by atoms with E-state index in [-0.39, 0.29) is 16.8 Å². The molecule has 0 aliphatic rings. The van der Waals surface area contributed by atoms with Gasteiger partial charge in [0.25, 0.3) is 5.91 Å². The van der Waals surface area contributed by atoms with E-state index in [1.165, 1.54) is 12.1 Å². The zero-order valence-corrected chi connectivity index (χ0v) is 17.1. The van der Waals surface area contributed by atoms with Crippen LogP contribution in [0, 0.1) is 6.92 Å². The van der Waals surface area contributed by atoms with Gasteiger partial charge in [-0.3, -0.25) is 4.79 Å². The van der Waals surface area contributed by atoms with E-state index in [2.05, 4.69) is 17.0 Å². The second kappa shape index (κ2) is 8.81. The van der Waals surface area contributed by atoms with Gasteiger partial charge >= 0.3 is 0 Å². The molecular weight excluding hydrogens is 336 g/mol. The summed E-state index contributed by atoms with van der Waals surface area (Å²) in [4.78, 5) is 12.7. The molecule has 0 spiro atoms. The molecule has 0 heterocycles. The summed E-state index contributed by atoms with van der Waals surface area (Å²) in [6, 6.07) is 4.72. The summed E-state index contributed by atoms with van der Waals surface area (Å²) in [5.74, 6) is -0.227. The minimum Gasteiger partial charge on any atom is -0.350 e. The van der Waals surface area contributed by atoms with Crippen LogP contribution in [0.3, 0.4) is 0 Å². The minimum atomic E-state index is -3.67. The van der Waals surface area contributed by atoms with Gasteiger partial charge in [-0.05, 0) is 58.7 Å². The van der Waals surface area contributed by atoms with Crippen molar-refractivity contribution in [1.82, 2.24) is 10.0 Å². The van der Waals surface area contributed by atoms with E-state index in [0.717, 1.165) is 31.2 Å². The summed E-state index contributed by atoms with van der Waals surface area (Å²) in [7, 11) is -3.67. The van der Waals surface area contributed by atoms with Crippen molar-refractivity contribution in [2.24, 2.45) is 0 Å². The lowest BCUT2D eigenvalue weighted by Gasteiger charge is -2.21. The van der Waals surface area contributed by atoms with Crippen molar-refractivity contribution in [3.05, 3.63) is 29.3 Å². The van der Waals surface area contributed by atoms with E-state index in [4.69, 9.17) is 0 Å². The van der Waals surface area contributed by atoms with E-state index >= 15 is 0 Å². The molecule has 1 rings (SSSR count). The van der Waals surface area contributed by atoms with Crippen molar-refractivity contribution < 1.29 is 13.2 Å². The topological polar surface area (TPSA) is 75.3 Å². The number of hydrogen-bond acceptors (Lipinski definition) is 3. The first-order valence-electron chi connectivity index (χ1n) is 8.92. The Labute approximate surface area is 152 Å². The highest BCUT2D eigenvalue weighted by Crippen LogP contribution is 2.18. The van der Waals surface area contributed by atoms with E-state index in [0.29, 0.717) is 5.56 Å². The molecule has 2 N–H and O–H groups in total. The van der Waals surface area contributed by atoms with Gasteiger partial charge in [0.1, 0.15) is 0 Å². The molecule has 0 aromatic heterocycles. The first kappa shape index (κ1) is 21.6. The predicted octanol–water partition coefficient (Wildman–Crippen LogP) is 3.77. The average Bonchev–Trinajstić information content (AvgIpc) is 2.45. The lowest BCUT2D eigenvalue weighted by atomic mass is 10.1. The summed E-state index contributed by atoms with van der Waals surface area (Å²) >= 11 is 0. The van der Waals surface area contributed by atoms with Crippen LogP contribution in [-0.4, -0.2) is 25.9 Å². The van der Waals surface area contributed by atoms with Crippen molar-refractivity contribution in [2.45, 2.75) is 83.7 Å². The highest BCUT2D eigenvalue weighted by molar-refractivity contribution is 7.89. The summed E-state index contributed by atoms with van der Waals surface area (Å²) < 4.78 is 27.6. The molecule has 0 aliphatic heterocycles. The first-order valence-corrected chi connectivity index (χ1v) is 10.4. The van der Waals surface area contributed by atoms with Crippen LogP contribution >= 0.6 is 0 Å². The van der Waals surface area contributed by atoms with Gasteiger partial charge in [0.15, 0.2) is 0 Å². The number of aryl methyl sites for hydroxylation is 1. The van der Waals surface area contributed by atoms with Crippen molar-refractivity contribution in [3.8, 4) is 0 Å². The summed E-state index contributed by atoms with van der Waals surface area (Å²) in [5, 5.41) is 2.97. The van der Waals surface area contributed by atoms with Crippen LogP contribution in [0.15, 0.2) is 23.1 Å². The second-order valence-corrected chi connectivity index (χ2v) is 9.38. The van der Waals surface area contributed by atoms with Gasteiger partial charge < -0.3 is 5.32 Å². The number of sulfonamides is 1. The fourth-order valence-corrected chi connectivity index (χ4v) is 3.99. The summed E-state index contributed by atoms with van der Waals surface area (Å²) in [6.07, 6.45) is 4.27. The Kier molecular flexibility index (Phi) is 7.62. The monoisotopic (exact) mass is 368 g/mol. The first-order chi connectivity index (χ1) is 11.5. The standard InChI is InChI=1S/C19H32N2O3S/c1-7-8-9-10-15(3)20-18(22)17-13-16(12-11-14(17)2)25(23,24)21-19(4,5)6/h11-13,15,21H,7-10H2,1-6H3,(H,20,22). The zero-order chi connectivity index (χ0) is 19.3. The maximum atomic E-state index is 12.5. The van der Waals surface area contributed by atoms with Crippen LogP contribution in [0.25, 0.3) is 0 Å². The van der Waals surface area contributed by atoms with E-state index in [1.807, 2.05) is 13.8 Å². The van der Waals surface area contributed by atoms with Gasteiger partial charge in [-0.1, -0.05) is 32.3 Å². The third kappa shape index (κ3) is 7.16. The smallest absolute Gasteiger partial charge is 0.251 e. The molecule has 1 amide bonds. The number of amides is 1. The van der Waals surface area contributed by atoms with E-state index in [9.17, 15) is 13.2 Å². The Bertz CT molecular complexity index is 691. The van der Waals surface area contributed by atoms with Gasteiger partial charge in [0, 0.05) is 17.1 Å². The number of rotatable bonds is 8. The van der Waals surface area contributed by atoms with Crippen molar-refractivity contribution in [2.75, 3.05) is 0 Å². The molecule has 0 saturated carbocycles. The molecule has 25 heavy (non-hydrogen) atoms. The number of hydrogen-bond donors (Lipinski definition) is 2. The van der Waals surface area contributed by atoms with Crippen molar-refractivity contribution in [1.29, 1.82) is 0 Å². The molecule has 1 aromatic rings. The highest BCUT2D eigenvalue weighted by atomic mass is 32.2. The predicted molar refractivity (Wildman–Crippen MR) is 102 cm³/mol. The Hall–Kier alpha value is -1.40. The third-order valence-corrected chi connectivity index (χ3v) is 5.58. The van der Waals surface area contributed by atoms with Crippen LogP contribution in [-0.2, 0) is 10.0 Å². The molecule has 142 valence electrons. The van der Waals surface area contributed by atoms with Crippen LogP contribution in [0.1, 0.15) is 76.2 Å². The van der Waals surface area contributed by atoms with Crippen LogP contribution < -0.4 is 10.0 Å². The largest absolute Gasteiger partial charge is 0.350 e. The molecule has 0 radical (unpaired) electrons. The quantitative estimate of drug-likeness (QED) is 0.686. The van der Waals surface area contributed by atoms with E-state index < -0.39 is 15.6 Å². The van der Waals surface area contributed by atoms with Crippen LogP contribution in [0.5, 0.6) is 0 Å². The summed E-state index contributed by atoms with van der Waals surface area (Å²) in [5.41, 5.74) is 0.576. The fourth-order valence-electron chi connectivity index (χ4n) is 2.55. The molecule has 6 heteroatoms. The van der Waals surface area contributed by atoms with E-state index in [1.54, 1.807) is 26.8 Å². The fraction of sp³-hybridized carbons (Fsp3) is 0.632. The van der Waals surface area contributed by atoms with Crippen LogP contribution in [0.2, 0.25) is 0 Å².